The summed E-state index contributed by atoms with van der Waals surface area (Å²) in [5, 5.41) is 12.5. The number of fused-ring (bicyclic) bond motifs is 3. The van der Waals surface area contributed by atoms with E-state index in [0.717, 1.165) is 4.68 Å². The summed E-state index contributed by atoms with van der Waals surface area (Å²) in [6.45, 7) is -0.751. The van der Waals surface area contributed by atoms with Crippen molar-refractivity contribution in [2.45, 2.75) is 13.2 Å². The number of benzene rings is 2. The molecule has 2 aromatic carbocycles. The zero-order valence-corrected chi connectivity index (χ0v) is 17.1. The van der Waals surface area contributed by atoms with E-state index in [1.807, 2.05) is 0 Å². The van der Waals surface area contributed by atoms with E-state index in [9.17, 15) is 18.8 Å². The topological polar surface area (TPSA) is 127 Å². The molecule has 0 fully saturated rings. The summed E-state index contributed by atoms with van der Waals surface area (Å²) in [5.74, 6) is -1.53. The number of hydrogen-bond donors (Lipinski definition) is 0. The van der Waals surface area contributed by atoms with E-state index in [1.54, 1.807) is 35.7 Å². The number of hydrogen-bond acceptors (Lipinski definition) is 8. The van der Waals surface area contributed by atoms with Crippen molar-refractivity contribution < 1.29 is 18.3 Å². The minimum Gasteiger partial charge on any atom is -0.456 e. The molecule has 166 valence electrons. The number of carbonyl (C=O) groups excluding carboxylic acids is 1. The molecule has 5 rings (SSSR count). The molecule has 0 radical (unpaired) electrons. The Morgan fingerprint density at radius 1 is 1.09 bits per heavy atom. The van der Waals surface area contributed by atoms with Gasteiger partial charge in [-0.05, 0) is 36.4 Å². The highest BCUT2D eigenvalue weighted by molar-refractivity contribution is 5.80. The van der Waals surface area contributed by atoms with Crippen LogP contribution in [0.15, 0.2) is 62.5 Å². The molecular weight excluding hydrogens is 435 g/mol. The second-order valence-electron chi connectivity index (χ2n) is 7.13. The lowest BCUT2D eigenvalue weighted by Gasteiger charge is -2.08. The maximum absolute atomic E-state index is 13.1. The number of aromatic nitrogens is 6. The molecule has 0 aliphatic heterocycles. The Kier molecular flexibility index (Phi) is 4.81. The van der Waals surface area contributed by atoms with Crippen molar-refractivity contribution in [1.82, 2.24) is 28.9 Å². The average molecular weight is 450 g/mol. The molecule has 0 N–H and O–H groups in total. The summed E-state index contributed by atoms with van der Waals surface area (Å²) < 4.78 is 27.2. The van der Waals surface area contributed by atoms with Crippen molar-refractivity contribution in [3.8, 4) is 11.5 Å². The van der Waals surface area contributed by atoms with Crippen LogP contribution in [-0.2, 0) is 29.7 Å². The maximum atomic E-state index is 13.1. The molecule has 5 aromatic rings. The lowest BCUT2D eigenvalue weighted by Crippen LogP contribution is -2.23. The first-order valence-corrected chi connectivity index (χ1v) is 9.73. The second-order valence-corrected chi connectivity index (χ2v) is 7.13. The van der Waals surface area contributed by atoms with Gasteiger partial charge < -0.3 is 9.15 Å². The van der Waals surface area contributed by atoms with Gasteiger partial charge in [-0.1, -0.05) is 12.1 Å². The zero-order chi connectivity index (χ0) is 23.1. The fraction of sp³-hybridized carbons (Fsp3) is 0.143. The summed E-state index contributed by atoms with van der Waals surface area (Å²) in [5.41, 5.74) is 0.729. The molecule has 0 saturated heterocycles. The van der Waals surface area contributed by atoms with Gasteiger partial charge in [0.25, 0.3) is 5.56 Å². The van der Waals surface area contributed by atoms with Gasteiger partial charge in [0.15, 0.2) is 12.4 Å². The SMILES string of the molecule is Cn1c(=O)c2ccccc2n2c(COC(=O)Cn3nc(-c4ccc(F)cc4)oc3=O)nnc12. The van der Waals surface area contributed by atoms with Crippen LogP contribution in [0, 0.1) is 5.82 Å². The van der Waals surface area contributed by atoms with Crippen LogP contribution in [0.1, 0.15) is 5.82 Å². The van der Waals surface area contributed by atoms with E-state index in [1.165, 1.54) is 28.8 Å². The monoisotopic (exact) mass is 450 g/mol. The van der Waals surface area contributed by atoms with E-state index < -0.39 is 24.1 Å². The molecule has 3 heterocycles. The van der Waals surface area contributed by atoms with Gasteiger partial charge in [0.1, 0.15) is 12.4 Å². The van der Waals surface area contributed by atoms with Crippen LogP contribution in [-0.4, -0.2) is 34.9 Å². The van der Waals surface area contributed by atoms with Gasteiger partial charge in [0.05, 0.1) is 10.9 Å². The first-order valence-electron chi connectivity index (χ1n) is 9.73. The van der Waals surface area contributed by atoms with Crippen LogP contribution in [0.25, 0.3) is 28.1 Å². The van der Waals surface area contributed by atoms with Crippen LogP contribution in [0.2, 0.25) is 0 Å². The highest BCUT2D eigenvalue weighted by Crippen LogP contribution is 2.16. The van der Waals surface area contributed by atoms with Crippen LogP contribution in [0.3, 0.4) is 0 Å². The molecule has 0 aliphatic rings. The second kappa shape index (κ2) is 7.82. The molecule has 0 unspecified atom stereocenters. The van der Waals surface area contributed by atoms with E-state index in [0.29, 0.717) is 28.1 Å². The fourth-order valence-corrected chi connectivity index (χ4v) is 3.41. The Morgan fingerprint density at radius 2 is 1.85 bits per heavy atom. The van der Waals surface area contributed by atoms with E-state index in [4.69, 9.17) is 9.15 Å². The minimum absolute atomic E-state index is 0.0522. The zero-order valence-electron chi connectivity index (χ0n) is 17.1. The van der Waals surface area contributed by atoms with Crippen LogP contribution in [0.4, 0.5) is 4.39 Å². The van der Waals surface area contributed by atoms with Crippen molar-refractivity contribution in [1.29, 1.82) is 0 Å². The fourth-order valence-electron chi connectivity index (χ4n) is 3.41. The van der Waals surface area contributed by atoms with Crippen LogP contribution >= 0.6 is 0 Å². The molecule has 3 aromatic heterocycles. The number of nitrogens with zero attached hydrogens (tertiary/aromatic N) is 6. The molecule has 0 bridgehead atoms. The molecule has 33 heavy (non-hydrogen) atoms. The quantitative estimate of drug-likeness (QED) is 0.367. The van der Waals surface area contributed by atoms with Gasteiger partial charge in [0.2, 0.25) is 11.7 Å². The van der Waals surface area contributed by atoms with E-state index in [-0.39, 0.29) is 18.1 Å². The molecule has 0 aliphatic carbocycles. The minimum atomic E-state index is -0.861. The van der Waals surface area contributed by atoms with Crippen molar-refractivity contribution >= 4 is 22.6 Å². The van der Waals surface area contributed by atoms with Crippen molar-refractivity contribution in [3.05, 3.63) is 81.1 Å². The first kappa shape index (κ1) is 20.3. The molecule has 0 saturated carbocycles. The van der Waals surface area contributed by atoms with Gasteiger partial charge >= 0.3 is 11.7 Å². The van der Waals surface area contributed by atoms with E-state index >= 15 is 0 Å². The summed E-state index contributed by atoms with van der Waals surface area (Å²) >= 11 is 0. The lowest BCUT2D eigenvalue weighted by atomic mass is 10.2. The number of esters is 1. The van der Waals surface area contributed by atoms with Gasteiger partial charge in [-0.15, -0.1) is 15.3 Å². The molecule has 0 amide bonds. The third kappa shape index (κ3) is 3.56. The van der Waals surface area contributed by atoms with Gasteiger partial charge in [0, 0.05) is 12.6 Å². The Labute approximate surface area is 183 Å². The lowest BCUT2D eigenvalue weighted by molar-refractivity contribution is -0.146. The Morgan fingerprint density at radius 3 is 2.64 bits per heavy atom. The number of para-hydroxylation sites is 1. The summed E-state index contributed by atoms with van der Waals surface area (Å²) in [6.07, 6.45) is 0. The Bertz CT molecular complexity index is 1630. The van der Waals surface area contributed by atoms with Gasteiger partial charge in [-0.3, -0.25) is 18.6 Å². The summed E-state index contributed by atoms with van der Waals surface area (Å²) in [6, 6.07) is 12.1. The smallest absolute Gasteiger partial charge is 0.437 e. The molecule has 0 atom stereocenters. The molecule has 0 spiro atoms. The van der Waals surface area contributed by atoms with E-state index in [2.05, 4.69) is 15.3 Å². The largest absolute Gasteiger partial charge is 0.456 e. The average Bonchev–Trinajstić information content (AvgIpc) is 3.40. The van der Waals surface area contributed by atoms with Crippen molar-refractivity contribution in [3.63, 3.8) is 0 Å². The Hall–Kier alpha value is -4.61. The standard InChI is InChI=1S/C21H15FN6O5/c1-26-19(30)14-4-2-3-5-15(14)28-16(23-24-20(26)28)11-32-17(29)10-27-21(31)33-18(25-27)12-6-8-13(22)9-7-12/h2-9H,10-11H2,1H3. The molecule has 11 nitrogen and oxygen atoms in total. The van der Waals surface area contributed by atoms with Crippen molar-refractivity contribution in [2.75, 3.05) is 0 Å². The maximum Gasteiger partial charge on any atom is 0.437 e. The normalized spacial score (nSPS) is 11.3. The van der Waals surface area contributed by atoms with Crippen LogP contribution in [0.5, 0.6) is 0 Å². The summed E-state index contributed by atoms with van der Waals surface area (Å²) in [7, 11) is 1.57. The molecular formula is C21H15FN6O5. The van der Waals surface area contributed by atoms with Crippen LogP contribution < -0.4 is 11.3 Å². The predicted octanol–water partition coefficient (Wildman–Crippen LogP) is 1.28. The number of carbonyl (C=O) groups is 1. The Balaban J connectivity index is 1.37. The highest BCUT2D eigenvalue weighted by Gasteiger charge is 2.18. The third-order valence-electron chi connectivity index (χ3n) is 5.03. The summed E-state index contributed by atoms with van der Waals surface area (Å²) in [4.78, 5) is 36.9. The van der Waals surface area contributed by atoms with Gasteiger partial charge in [-0.25, -0.2) is 9.18 Å². The predicted molar refractivity (Wildman–Crippen MR) is 112 cm³/mol. The van der Waals surface area contributed by atoms with Crippen molar-refractivity contribution in [2.24, 2.45) is 7.05 Å². The third-order valence-corrected chi connectivity index (χ3v) is 5.03. The first-order chi connectivity index (χ1) is 15.9. The number of aryl methyl sites for hydroxylation is 1. The highest BCUT2D eigenvalue weighted by atomic mass is 19.1. The molecule has 12 heteroatoms. The number of rotatable bonds is 5. The van der Waals surface area contributed by atoms with Gasteiger partial charge in [-0.2, -0.15) is 4.68 Å². The number of halogens is 1. The number of ether oxygens (including phenoxy) is 1.